The van der Waals surface area contributed by atoms with Gasteiger partial charge in [0.2, 0.25) is 0 Å². The van der Waals surface area contributed by atoms with Crippen LogP contribution in [0.3, 0.4) is 0 Å². The van der Waals surface area contributed by atoms with Crippen LogP contribution in [0, 0.1) is 0 Å². The van der Waals surface area contributed by atoms with Crippen LogP contribution in [0.15, 0.2) is 173 Å². The summed E-state index contributed by atoms with van der Waals surface area (Å²) in [5, 5.41) is 3.42. The second-order valence-electron chi connectivity index (χ2n) is 11.9. The van der Waals surface area contributed by atoms with Gasteiger partial charge in [-0.1, -0.05) is 134 Å². The molecule has 0 radical (unpaired) electrons. The summed E-state index contributed by atoms with van der Waals surface area (Å²) < 4.78 is 0.889. The zero-order chi connectivity index (χ0) is 35.5. The van der Waals surface area contributed by atoms with Crippen LogP contribution in [0.25, 0.3) is 34.4 Å². The Kier molecular flexibility index (Phi) is 12.3. The summed E-state index contributed by atoms with van der Waals surface area (Å²) in [6.45, 7) is 12.0. The summed E-state index contributed by atoms with van der Waals surface area (Å²) in [7, 11) is 0. The molecule has 250 valence electrons. The summed E-state index contributed by atoms with van der Waals surface area (Å²) in [5.74, 6) is 0.761. The van der Waals surface area contributed by atoms with E-state index in [4.69, 9.17) is 15.7 Å². The molecule has 4 aromatic carbocycles. The molecule has 0 aliphatic rings. The molecule has 1 unspecified atom stereocenters. The quantitative estimate of drug-likeness (QED) is 0.0997. The number of nitrogens with one attached hydrogen (secondary N) is 1. The van der Waals surface area contributed by atoms with Gasteiger partial charge in [0.15, 0.2) is 0 Å². The van der Waals surface area contributed by atoms with Crippen molar-refractivity contribution in [3.8, 4) is 22.3 Å². The van der Waals surface area contributed by atoms with Gasteiger partial charge < -0.3 is 11.1 Å². The van der Waals surface area contributed by atoms with Crippen molar-refractivity contribution >= 4 is 39.6 Å². The van der Waals surface area contributed by atoms with Crippen molar-refractivity contribution in [2.45, 2.75) is 33.7 Å². The van der Waals surface area contributed by atoms with Crippen molar-refractivity contribution in [1.82, 2.24) is 4.98 Å². The van der Waals surface area contributed by atoms with Gasteiger partial charge >= 0.3 is 0 Å². The topological polar surface area (TPSA) is 63.3 Å². The zero-order valence-corrected chi connectivity index (χ0v) is 30.7. The summed E-state index contributed by atoms with van der Waals surface area (Å²) in [6.07, 6.45) is 13.9. The number of hydrogen-bond acceptors (Lipinski definition) is 4. The Morgan fingerprint density at radius 3 is 2.04 bits per heavy atom. The first kappa shape index (κ1) is 35.8. The number of benzene rings is 4. The predicted molar refractivity (Wildman–Crippen MR) is 219 cm³/mol. The lowest BCUT2D eigenvalue weighted by Gasteiger charge is -2.12. The molecule has 1 atom stereocenters. The molecule has 1 aromatic heterocycles. The van der Waals surface area contributed by atoms with E-state index in [1.165, 1.54) is 0 Å². The first-order chi connectivity index (χ1) is 24.3. The van der Waals surface area contributed by atoms with Crippen molar-refractivity contribution in [1.29, 1.82) is 0 Å². The van der Waals surface area contributed by atoms with Gasteiger partial charge in [0.1, 0.15) is 5.82 Å². The Morgan fingerprint density at radius 1 is 0.840 bits per heavy atom. The van der Waals surface area contributed by atoms with Crippen LogP contribution >= 0.6 is 15.9 Å². The largest absolute Gasteiger partial charge is 0.398 e. The lowest BCUT2D eigenvalue weighted by molar-refractivity contribution is 0.821. The van der Waals surface area contributed by atoms with E-state index in [0.717, 1.165) is 71.8 Å². The van der Waals surface area contributed by atoms with E-state index in [-0.39, 0.29) is 6.04 Å². The summed E-state index contributed by atoms with van der Waals surface area (Å²) in [5.41, 5.74) is 18.7. The van der Waals surface area contributed by atoms with E-state index < -0.39 is 0 Å². The minimum absolute atomic E-state index is 0.0297. The fraction of sp³-hybridized carbons (Fsp3) is 0.111. The van der Waals surface area contributed by atoms with E-state index in [1.54, 1.807) is 0 Å². The molecule has 0 saturated carbocycles. The number of nitrogens with two attached hydrogens (primary N) is 1. The second kappa shape index (κ2) is 17.2. The number of aliphatic imine (C=N–C) groups is 1. The molecule has 0 bridgehead atoms. The van der Waals surface area contributed by atoms with Crippen LogP contribution in [-0.2, 0) is 0 Å². The number of allylic oxidation sites excluding steroid dienone is 5. The molecule has 0 saturated heterocycles. The predicted octanol–water partition coefficient (Wildman–Crippen LogP) is 12.2. The van der Waals surface area contributed by atoms with Gasteiger partial charge in [-0.3, -0.25) is 4.99 Å². The number of pyridine rings is 1. The molecule has 50 heavy (non-hydrogen) atoms. The van der Waals surface area contributed by atoms with E-state index in [1.807, 2.05) is 87.7 Å². The fourth-order valence-electron chi connectivity index (χ4n) is 5.64. The van der Waals surface area contributed by atoms with Gasteiger partial charge in [-0.2, -0.15) is 0 Å². The molecular weight excluding hydrogens is 676 g/mol. The van der Waals surface area contributed by atoms with Crippen LogP contribution in [-0.4, -0.2) is 10.7 Å². The Morgan fingerprint density at radius 2 is 1.44 bits per heavy atom. The maximum atomic E-state index is 6.57. The van der Waals surface area contributed by atoms with Gasteiger partial charge in [-0.25, -0.2) is 4.98 Å². The summed E-state index contributed by atoms with van der Waals surface area (Å²) in [6, 6.07) is 37.6. The molecule has 0 aliphatic carbocycles. The standard InChI is InChI=1S/C45H43BrN4/c1-6-14-34(8-3)43(47)29-44(50-32(5)35-16-10-9-11-17-35)39-25-23-37(24-26-39)36-19-21-38(22-20-36)41-28-42(46)45(48-30-41)49-31(4)27-40-18-13-12-15-33(40)7-2/h6-30,32H,2,47H2,1,3-5H3,(H,48,49)/b14-6-,31-27+,34-8+,43-29-,50-44?. The molecule has 1 heterocycles. The van der Waals surface area contributed by atoms with Crippen molar-refractivity contribution in [2.75, 3.05) is 5.32 Å². The number of hydrogen-bond donors (Lipinski definition) is 2. The zero-order valence-electron chi connectivity index (χ0n) is 29.1. The monoisotopic (exact) mass is 718 g/mol. The van der Waals surface area contributed by atoms with Crippen LogP contribution in [0.5, 0.6) is 0 Å². The normalized spacial score (nSPS) is 13.4. The first-order valence-corrected chi connectivity index (χ1v) is 17.5. The highest BCUT2D eigenvalue weighted by atomic mass is 79.9. The van der Waals surface area contributed by atoms with E-state index >= 15 is 0 Å². The highest BCUT2D eigenvalue weighted by Gasteiger charge is 2.11. The van der Waals surface area contributed by atoms with Crippen LogP contribution < -0.4 is 11.1 Å². The summed E-state index contributed by atoms with van der Waals surface area (Å²) in [4.78, 5) is 9.85. The smallest absolute Gasteiger partial charge is 0.144 e. The molecule has 5 heteroatoms. The maximum Gasteiger partial charge on any atom is 0.144 e. The lowest BCUT2D eigenvalue weighted by atomic mass is 9.98. The van der Waals surface area contributed by atoms with Crippen molar-refractivity contribution in [2.24, 2.45) is 10.7 Å². The van der Waals surface area contributed by atoms with Crippen molar-refractivity contribution in [3.05, 3.63) is 190 Å². The number of rotatable bonds is 12. The molecule has 4 nitrogen and oxygen atoms in total. The minimum Gasteiger partial charge on any atom is -0.398 e. The Labute approximate surface area is 305 Å². The van der Waals surface area contributed by atoms with Crippen molar-refractivity contribution < 1.29 is 0 Å². The van der Waals surface area contributed by atoms with E-state index in [2.05, 4.69) is 120 Å². The average Bonchev–Trinajstić information content (AvgIpc) is 3.15. The molecule has 5 rings (SSSR count). The average molecular weight is 720 g/mol. The first-order valence-electron chi connectivity index (χ1n) is 16.7. The third kappa shape index (κ3) is 9.13. The van der Waals surface area contributed by atoms with Gasteiger partial charge in [0.25, 0.3) is 0 Å². The Balaban J connectivity index is 1.35. The molecular formula is C45H43BrN4. The van der Waals surface area contributed by atoms with E-state index in [9.17, 15) is 0 Å². The number of aromatic nitrogens is 1. The minimum atomic E-state index is -0.0297. The molecule has 0 amide bonds. The van der Waals surface area contributed by atoms with Gasteiger partial charge in [-0.05, 0) is 106 Å². The van der Waals surface area contributed by atoms with Gasteiger partial charge in [-0.15, -0.1) is 0 Å². The highest BCUT2D eigenvalue weighted by molar-refractivity contribution is 9.10. The molecule has 0 fully saturated rings. The molecule has 0 spiro atoms. The van der Waals surface area contributed by atoms with Crippen LogP contribution in [0.2, 0.25) is 0 Å². The van der Waals surface area contributed by atoms with Gasteiger partial charge in [0.05, 0.1) is 16.2 Å². The third-order valence-corrected chi connectivity index (χ3v) is 8.98. The Bertz CT molecular complexity index is 2080. The van der Waals surface area contributed by atoms with E-state index in [0.29, 0.717) is 5.70 Å². The SMILES string of the molecule is C=Cc1ccccc1/C=C(\C)Nc1ncc(-c2ccc(-c3ccc(C(/C=C(N)/C(/C=C\C)=C/C)=NC(C)c4ccccc4)cc3)cc2)cc1Br. The maximum absolute atomic E-state index is 6.57. The van der Waals surface area contributed by atoms with Crippen LogP contribution in [0.1, 0.15) is 56.0 Å². The van der Waals surface area contributed by atoms with Gasteiger partial charge in [0, 0.05) is 23.2 Å². The third-order valence-electron chi connectivity index (χ3n) is 8.37. The fourth-order valence-corrected chi connectivity index (χ4v) is 6.09. The number of nitrogens with zero attached hydrogens (tertiary/aromatic N) is 2. The summed E-state index contributed by atoms with van der Waals surface area (Å²) >= 11 is 3.72. The molecule has 0 aliphatic heterocycles. The van der Waals surface area contributed by atoms with Crippen LogP contribution in [0.4, 0.5) is 5.82 Å². The highest BCUT2D eigenvalue weighted by Crippen LogP contribution is 2.30. The molecule has 5 aromatic rings. The Hall–Kier alpha value is -5.52. The lowest BCUT2D eigenvalue weighted by Crippen LogP contribution is -2.07. The van der Waals surface area contributed by atoms with Crippen molar-refractivity contribution in [3.63, 3.8) is 0 Å². The number of halogens is 1. The number of anilines is 1. The molecule has 3 N–H and O–H groups in total. The second-order valence-corrected chi connectivity index (χ2v) is 12.8.